The summed E-state index contributed by atoms with van der Waals surface area (Å²) in [6.45, 7) is 3.19. The van der Waals surface area contributed by atoms with E-state index in [-0.39, 0.29) is 24.0 Å². The fourth-order valence-electron chi connectivity index (χ4n) is 3.05. The number of halogens is 1. The van der Waals surface area contributed by atoms with Crippen molar-refractivity contribution in [1.29, 1.82) is 0 Å². The molecule has 1 aliphatic carbocycles. The molecule has 0 spiro atoms. The van der Waals surface area contributed by atoms with Gasteiger partial charge >= 0.3 is 0 Å². The number of nitrogens with one attached hydrogen (secondary N) is 1. The van der Waals surface area contributed by atoms with E-state index in [0.29, 0.717) is 12.5 Å². The molecule has 1 fully saturated rings. The Morgan fingerprint density at radius 2 is 1.96 bits per heavy atom. The third-order valence-corrected chi connectivity index (χ3v) is 4.78. The van der Waals surface area contributed by atoms with Crippen molar-refractivity contribution in [3.63, 3.8) is 0 Å². The Morgan fingerprint density at radius 3 is 2.62 bits per heavy atom. The van der Waals surface area contributed by atoms with Crippen molar-refractivity contribution < 1.29 is 4.42 Å². The molecule has 0 saturated heterocycles. The molecule has 0 radical (unpaired) electrons. The molecule has 1 heterocycles. The summed E-state index contributed by atoms with van der Waals surface area (Å²) in [5, 5.41) is 3.25. The van der Waals surface area contributed by atoms with E-state index >= 15 is 0 Å². The predicted octanol–water partition coefficient (Wildman–Crippen LogP) is 3.73. The van der Waals surface area contributed by atoms with Crippen LogP contribution in [0.2, 0.25) is 0 Å². The summed E-state index contributed by atoms with van der Waals surface area (Å²) >= 11 is 0. The second-order valence-corrected chi connectivity index (χ2v) is 6.90. The molecule has 1 aromatic heterocycles. The summed E-state index contributed by atoms with van der Waals surface area (Å²) in [4.78, 5) is 6.75. The Balaban J connectivity index is 0.00000243. The summed E-state index contributed by atoms with van der Waals surface area (Å²) in [5.74, 6) is 2.30. The smallest absolute Gasteiger partial charge is 0.188 e. The van der Waals surface area contributed by atoms with Crippen LogP contribution in [0.1, 0.15) is 36.1 Å². The lowest BCUT2D eigenvalue weighted by Gasteiger charge is -2.25. The van der Waals surface area contributed by atoms with Gasteiger partial charge in [-0.1, -0.05) is 30.7 Å². The molecule has 3 rings (SSSR count). The van der Waals surface area contributed by atoms with Gasteiger partial charge < -0.3 is 15.5 Å². The van der Waals surface area contributed by atoms with Crippen LogP contribution >= 0.6 is 24.0 Å². The van der Waals surface area contributed by atoms with Gasteiger partial charge in [-0.05, 0) is 49.1 Å². The van der Waals surface area contributed by atoms with E-state index in [9.17, 15) is 0 Å². The van der Waals surface area contributed by atoms with Crippen LogP contribution in [0.3, 0.4) is 0 Å². The predicted molar refractivity (Wildman–Crippen MR) is 116 cm³/mol. The maximum atomic E-state index is 6.01. The van der Waals surface area contributed by atoms with Crippen LogP contribution in [0, 0.1) is 5.92 Å². The number of furan rings is 1. The van der Waals surface area contributed by atoms with Crippen LogP contribution in [-0.4, -0.2) is 24.5 Å². The zero-order valence-corrected chi connectivity index (χ0v) is 17.7. The number of hydrogen-bond donors (Lipinski definition) is 2. The van der Waals surface area contributed by atoms with Gasteiger partial charge in [-0.15, -0.1) is 24.0 Å². The van der Waals surface area contributed by atoms with Crippen LogP contribution < -0.4 is 11.1 Å². The molecule has 1 aromatic carbocycles. The van der Waals surface area contributed by atoms with Crippen molar-refractivity contribution in [2.75, 3.05) is 13.6 Å². The van der Waals surface area contributed by atoms with Gasteiger partial charge in [0.15, 0.2) is 5.96 Å². The third kappa shape index (κ3) is 6.32. The zero-order chi connectivity index (χ0) is 17.5. The molecule has 142 valence electrons. The van der Waals surface area contributed by atoms with Crippen molar-refractivity contribution in [1.82, 2.24) is 10.2 Å². The van der Waals surface area contributed by atoms with Gasteiger partial charge in [0, 0.05) is 13.1 Å². The number of nitrogens with two attached hydrogens (primary N) is 1. The summed E-state index contributed by atoms with van der Waals surface area (Å²) < 4.78 is 5.42. The first-order valence-electron chi connectivity index (χ1n) is 9.02. The number of nitrogens with zero attached hydrogens (tertiary/aromatic N) is 2. The Labute approximate surface area is 173 Å². The van der Waals surface area contributed by atoms with Crippen molar-refractivity contribution in [3.05, 3.63) is 59.5 Å². The van der Waals surface area contributed by atoms with E-state index in [1.165, 1.54) is 30.4 Å². The third-order valence-electron chi connectivity index (χ3n) is 4.78. The van der Waals surface area contributed by atoms with Crippen molar-refractivity contribution in [2.24, 2.45) is 16.6 Å². The average Bonchev–Trinajstić information content (AvgIpc) is 3.05. The molecule has 0 atom stereocenters. The lowest BCUT2D eigenvalue weighted by molar-refractivity contribution is 0.287. The summed E-state index contributed by atoms with van der Waals surface area (Å²) in [5.41, 5.74) is 8.49. The molecular weight excluding hydrogens is 439 g/mol. The van der Waals surface area contributed by atoms with Gasteiger partial charge in [-0.2, -0.15) is 0 Å². The molecule has 3 N–H and O–H groups in total. The highest BCUT2D eigenvalue weighted by molar-refractivity contribution is 14.0. The van der Waals surface area contributed by atoms with Crippen molar-refractivity contribution in [3.8, 4) is 0 Å². The Morgan fingerprint density at radius 1 is 1.19 bits per heavy atom. The van der Waals surface area contributed by atoms with Crippen LogP contribution in [0.25, 0.3) is 0 Å². The fraction of sp³-hybridized carbons (Fsp3) is 0.450. The molecule has 0 aliphatic heterocycles. The Kier molecular flexibility index (Phi) is 8.44. The highest BCUT2D eigenvalue weighted by Crippen LogP contribution is 2.25. The maximum Gasteiger partial charge on any atom is 0.188 e. The first-order chi connectivity index (χ1) is 12.2. The zero-order valence-electron chi connectivity index (χ0n) is 15.4. The summed E-state index contributed by atoms with van der Waals surface area (Å²) in [6.07, 6.45) is 5.68. The number of guanidine groups is 1. The normalized spacial score (nSPS) is 14.8. The minimum atomic E-state index is 0. The van der Waals surface area contributed by atoms with Gasteiger partial charge in [0.1, 0.15) is 5.76 Å². The second-order valence-electron chi connectivity index (χ2n) is 6.90. The number of aliphatic imine (C=N–C) groups is 1. The van der Waals surface area contributed by atoms with Gasteiger partial charge in [-0.3, -0.25) is 4.90 Å². The Bertz CT molecular complexity index is 683. The topological polar surface area (TPSA) is 66.8 Å². The molecule has 5 nitrogen and oxygen atoms in total. The summed E-state index contributed by atoms with van der Waals surface area (Å²) in [7, 11) is 2.09. The van der Waals surface area contributed by atoms with E-state index in [1.807, 2.05) is 12.1 Å². The highest BCUT2D eigenvalue weighted by Gasteiger charge is 2.16. The molecular formula is C20H29IN4O. The van der Waals surface area contributed by atoms with E-state index < -0.39 is 0 Å². The van der Waals surface area contributed by atoms with Gasteiger partial charge in [0.25, 0.3) is 0 Å². The molecule has 0 unspecified atom stereocenters. The highest BCUT2D eigenvalue weighted by atomic mass is 127. The molecule has 26 heavy (non-hydrogen) atoms. The monoisotopic (exact) mass is 468 g/mol. The number of hydrogen-bond acceptors (Lipinski definition) is 3. The first kappa shape index (κ1) is 20.8. The molecule has 1 saturated carbocycles. The van der Waals surface area contributed by atoms with E-state index in [2.05, 4.69) is 46.5 Å². The second kappa shape index (κ2) is 10.6. The first-order valence-corrected chi connectivity index (χ1v) is 9.02. The quantitative estimate of drug-likeness (QED) is 0.352. The molecule has 2 aromatic rings. The fourth-order valence-corrected chi connectivity index (χ4v) is 3.05. The minimum absolute atomic E-state index is 0. The van der Waals surface area contributed by atoms with Crippen molar-refractivity contribution in [2.45, 2.75) is 38.9 Å². The molecule has 1 aliphatic rings. The van der Waals surface area contributed by atoms with Gasteiger partial charge in [0.05, 0.1) is 19.4 Å². The van der Waals surface area contributed by atoms with Crippen LogP contribution in [0.15, 0.2) is 52.1 Å². The van der Waals surface area contributed by atoms with E-state index in [0.717, 1.165) is 31.3 Å². The van der Waals surface area contributed by atoms with Gasteiger partial charge in [-0.25, -0.2) is 4.99 Å². The van der Waals surface area contributed by atoms with E-state index in [1.54, 1.807) is 6.26 Å². The SMILES string of the molecule is CN(Cc1ccco1)Cc1ccccc1CN=C(N)NCC1CCC1.I. The number of benzene rings is 1. The van der Waals surface area contributed by atoms with Gasteiger partial charge in [0.2, 0.25) is 0 Å². The maximum absolute atomic E-state index is 6.01. The molecule has 0 bridgehead atoms. The van der Waals surface area contributed by atoms with Crippen LogP contribution in [-0.2, 0) is 19.6 Å². The van der Waals surface area contributed by atoms with Crippen LogP contribution in [0.5, 0.6) is 0 Å². The minimum Gasteiger partial charge on any atom is -0.468 e. The number of rotatable bonds is 8. The van der Waals surface area contributed by atoms with E-state index in [4.69, 9.17) is 10.2 Å². The average molecular weight is 468 g/mol. The standard InChI is InChI=1S/C20H28N4O.HI/c1-24(15-19-10-5-11-25-19)14-18-9-3-2-8-17(18)13-23-20(21)22-12-16-6-4-7-16;/h2-3,5,8-11,16H,4,6-7,12-15H2,1H3,(H3,21,22,23);1H. The lowest BCUT2D eigenvalue weighted by atomic mass is 9.85. The molecule has 6 heteroatoms. The lowest BCUT2D eigenvalue weighted by Crippen LogP contribution is -2.37. The van der Waals surface area contributed by atoms with Crippen molar-refractivity contribution >= 4 is 29.9 Å². The Hall–Kier alpha value is -1.54. The van der Waals surface area contributed by atoms with Crippen LogP contribution in [0.4, 0.5) is 0 Å². The summed E-state index contributed by atoms with van der Waals surface area (Å²) in [6, 6.07) is 12.3. The largest absolute Gasteiger partial charge is 0.468 e. The molecule has 0 amide bonds.